The van der Waals surface area contributed by atoms with Gasteiger partial charge in [-0.15, -0.1) is 0 Å². The van der Waals surface area contributed by atoms with Crippen molar-refractivity contribution in [3.63, 3.8) is 0 Å². The van der Waals surface area contributed by atoms with Crippen molar-refractivity contribution >= 4 is 5.96 Å². The number of rotatable bonds is 9. The fourth-order valence-corrected chi connectivity index (χ4v) is 2.77. The maximum atomic E-state index is 5.93. The van der Waals surface area contributed by atoms with Crippen molar-refractivity contribution in [2.24, 2.45) is 10.7 Å². The summed E-state index contributed by atoms with van der Waals surface area (Å²) in [4.78, 5) is 6.69. The summed E-state index contributed by atoms with van der Waals surface area (Å²) >= 11 is 0. The standard InChI is InChI=1S/C16H34N4/c1-20(2)14-10-5-3-4-9-13-18-16(17)19-15-11-7-6-8-12-15/h15H,3-14H2,1-2H3,(H3,17,18,19). The van der Waals surface area contributed by atoms with Crippen LogP contribution in [-0.2, 0) is 0 Å². The van der Waals surface area contributed by atoms with Crippen LogP contribution in [0, 0.1) is 0 Å². The SMILES string of the molecule is CN(C)CCCCCCCN=C(N)NC1CCCCC1. The minimum Gasteiger partial charge on any atom is -0.370 e. The summed E-state index contributed by atoms with van der Waals surface area (Å²) in [6.07, 6.45) is 12.9. The average Bonchev–Trinajstić information content (AvgIpc) is 2.42. The van der Waals surface area contributed by atoms with E-state index in [1.807, 2.05) is 0 Å². The Bertz CT molecular complexity index is 257. The van der Waals surface area contributed by atoms with Crippen LogP contribution in [0.25, 0.3) is 0 Å². The number of nitrogens with two attached hydrogens (primary N) is 1. The van der Waals surface area contributed by atoms with Crippen molar-refractivity contribution in [3.05, 3.63) is 0 Å². The topological polar surface area (TPSA) is 53.6 Å². The van der Waals surface area contributed by atoms with Crippen LogP contribution in [0.5, 0.6) is 0 Å². The molecular formula is C16H34N4. The smallest absolute Gasteiger partial charge is 0.188 e. The van der Waals surface area contributed by atoms with Gasteiger partial charge in [-0.05, 0) is 46.3 Å². The van der Waals surface area contributed by atoms with E-state index >= 15 is 0 Å². The maximum Gasteiger partial charge on any atom is 0.188 e. The number of nitrogens with one attached hydrogen (secondary N) is 1. The Labute approximate surface area is 125 Å². The van der Waals surface area contributed by atoms with E-state index in [2.05, 4.69) is 29.3 Å². The molecule has 0 aliphatic heterocycles. The first kappa shape index (κ1) is 17.3. The number of unbranched alkanes of at least 4 members (excludes halogenated alkanes) is 4. The second kappa shape index (κ2) is 11.0. The highest BCUT2D eigenvalue weighted by molar-refractivity contribution is 5.78. The van der Waals surface area contributed by atoms with Crippen LogP contribution in [0.2, 0.25) is 0 Å². The van der Waals surface area contributed by atoms with Crippen LogP contribution in [0.15, 0.2) is 4.99 Å². The Balaban J connectivity index is 1.94. The Morgan fingerprint density at radius 3 is 2.40 bits per heavy atom. The van der Waals surface area contributed by atoms with Gasteiger partial charge in [-0.2, -0.15) is 0 Å². The number of hydrogen-bond acceptors (Lipinski definition) is 2. The van der Waals surface area contributed by atoms with Gasteiger partial charge in [-0.1, -0.05) is 38.5 Å². The highest BCUT2D eigenvalue weighted by atomic mass is 15.1. The Hall–Kier alpha value is -0.770. The first-order valence-corrected chi connectivity index (χ1v) is 8.39. The van der Waals surface area contributed by atoms with Crippen LogP contribution in [-0.4, -0.2) is 44.1 Å². The Morgan fingerprint density at radius 2 is 1.70 bits per heavy atom. The molecule has 4 heteroatoms. The minimum absolute atomic E-state index is 0.568. The van der Waals surface area contributed by atoms with Crippen LogP contribution < -0.4 is 11.1 Å². The highest BCUT2D eigenvalue weighted by Gasteiger charge is 2.12. The van der Waals surface area contributed by atoms with E-state index in [1.54, 1.807) is 0 Å². The fraction of sp³-hybridized carbons (Fsp3) is 0.938. The molecule has 0 spiro atoms. The third kappa shape index (κ3) is 9.18. The van der Waals surface area contributed by atoms with Crippen LogP contribution in [0.3, 0.4) is 0 Å². The summed E-state index contributed by atoms with van der Waals surface area (Å²) in [5.41, 5.74) is 5.93. The maximum absolute atomic E-state index is 5.93. The lowest BCUT2D eigenvalue weighted by atomic mass is 9.96. The summed E-state index contributed by atoms with van der Waals surface area (Å²) in [6.45, 7) is 2.08. The van der Waals surface area contributed by atoms with E-state index in [0.29, 0.717) is 12.0 Å². The second-order valence-electron chi connectivity index (χ2n) is 6.32. The van der Waals surface area contributed by atoms with Crippen molar-refractivity contribution in [2.45, 2.75) is 70.3 Å². The minimum atomic E-state index is 0.568. The molecule has 0 bridgehead atoms. The molecule has 0 aromatic rings. The number of guanidine groups is 1. The lowest BCUT2D eigenvalue weighted by molar-refractivity contribution is 0.390. The summed E-state index contributed by atoms with van der Waals surface area (Å²) in [5, 5.41) is 3.36. The molecule has 0 atom stereocenters. The summed E-state index contributed by atoms with van der Waals surface area (Å²) < 4.78 is 0. The van der Waals surface area contributed by atoms with Gasteiger partial charge in [0.1, 0.15) is 0 Å². The van der Waals surface area contributed by atoms with Crippen molar-refractivity contribution < 1.29 is 0 Å². The average molecular weight is 282 g/mol. The number of nitrogens with zero attached hydrogens (tertiary/aromatic N) is 2. The number of aliphatic imine (C=N–C) groups is 1. The zero-order valence-corrected chi connectivity index (χ0v) is 13.5. The molecule has 0 amide bonds. The van der Waals surface area contributed by atoms with Gasteiger partial charge in [0.2, 0.25) is 0 Å². The zero-order valence-electron chi connectivity index (χ0n) is 13.5. The van der Waals surface area contributed by atoms with E-state index < -0.39 is 0 Å². The van der Waals surface area contributed by atoms with Gasteiger partial charge in [0, 0.05) is 12.6 Å². The van der Waals surface area contributed by atoms with Crippen molar-refractivity contribution in [1.29, 1.82) is 0 Å². The predicted octanol–water partition coefficient (Wildman–Crippen LogP) is 2.74. The summed E-state index contributed by atoms with van der Waals surface area (Å²) in [5.74, 6) is 0.657. The van der Waals surface area contributed by atoms with Gasteiger partial charge in [0.25, 0.3) is 0 Å². The molecule has 1 saturated carbocycles. The molecule has 0 aromatic heterocycles. The zero-order chi connectivity index (χ0) is 14.6. The quantitative estimate of drug-likeness (QED) is 0.388. The van der Waals surface area contributed by atoms with Gasteiger partial charge >= 0.3 is 0 Å². The second-order valence-corrected chi connectivity index (χ2v) is 6.32. The van der Waals surface area contributed by atoms with Gasteiger partial charge in [-0.3, -0.25) is 4.99 Å². The van der Waals surface area contributed by atoms with Crippen LogP contribution in [0.1, 0.15) is 64.2 Å². The molecule has 1 fully saturated rings. The Kier molecular flexibility index (Phi) is 9.46. The van der Waals surface area contributed by atoms with E-state index in [4.69, 9.17) is 5.73 Å². The van der Waals surface area contributed by atoms with E-state index in [1.165, 1.54) is 64.3 Å². The molecule has 1 rings (SSSR count). The van der Waals surface area contributed by atoms with Crippen LogP contribution >= 0.6 is 0 Å². The van der Waals surface area contributed by atoms with Crippen molar-refractivity contribution in [1.82, 2.24) is 10.2 Å². The van der Waals surface area contributed by atoms with Gasteiger partial charge in [0.05, 0.1) is 0 Å². The van der Waals surface area contributed by atoms with Crippen molar-refractivity contribution in [2.75, 3.05) is 27.2 Å². The third-order valence-electron chi connectivity index (χ3n) is 4.00. The van der Waals surface area contributed by atoms with E-state index in [0.717, 1.165) is 13.0 Å². The molecule has 4 nitrogen and oxygen atoms in total. The largest absolute Gasteiger partial charge is 0.370 e. The van der Waals surface area contributed by atoms with E-state index in [-0.39, 0.29) is 0 Å². The molecular weight excluding hydrogens is 248 g/mol. The molecule has 0 unspecified atom stereocenters. The summed E-state index contributed by atoms with van der Waals surface area (Å²) in [7, 11) is 4.27. The normalized spacial score (nSPS) is 17.6. The molecule has 118 valence electrons. The van der Waals surface area contributed by atoms with Crippen LogP contribution in [0.4, 0.5) is 0 Å². The lowest BCUT2D eigenvalue weighted by Gasteiger charge is -2.23. The Morgan fingerprint density at radius 1 is 1.05 bits per heavy atom. The molecule has 20 heavy (non-hydrogen) atoms. The third-order valence-corrected chi connectivity index (χ3v) is 4.00. The highest BCUT2D eigenvalue weighted by Crippen LogP contribution is 2.17. The van der Waals surface area contributed by atoms with Gasteiger partial charge < -0.3 is 16.0 Å². The molecule has 0 heterocycles. The van der Waals surface area contributed by atoms with Gasteiger partial charge in [0.15, 0.2) is 5.96 Å². The molecule has 3 N–H and O–H groups in total. The fourth-order valence-electron chi connectivity index (χ4n) is 2.77. The van der Waals surface area contributed by atoms with Gasteiger partial charge in [-0.25, -0.2) is 0 Å². The molecule has 0 aromatic carbocycles. The first-order valence-electron chi connectivity index (χ1n) is 8.39. The number of hydrogen-bond donors (Lipinski definition) is 2. The van der Waals surface area contributed by atoms with E-state index in [9.17, 15) is 0 Å². The molecule has 0 radical (unpaired) electrons. The lowest BCUT2D eigenvalue weighted by Crippen LogP contribution is -2.41. The van der Waals surface area contributed by atoms with Crippen molar-refractivity contribution in [3.8, 4) is 0 Å². The first-order chi connectivity index (χ1) is 9.68. The monoisotopic (exact) mass is 282 g/mol. The molecule has 0 saturated heterocycles. The molecule has 1 aliphatic carbocycles. The molecule has 1 aliphatic rings. The predicted molar refractivity (Wildman–Crippen MR) is 88.1 cm³/mol. The summed E-state index contributed by atoms with van der Waals surface area (Å²) in [6, 6.07) is 0.568.